The van der Waals surface area contributed by atoms with Gasteiger partial charge in [0.25, 0.3) is 5.91 Å². The number of carbonyl (C=O) groups is 1. The van der Waals surface area contributed by atoms with E-state index in [-0.39, 0.29) is 11.5 Å². The summed E-state index contributed by atoms with van der Waals surface area (Å²) in [6.45, 7) is 0. The van der Waals surface area contributed by atoms with E-state index in [2.05, 4.69) is 9.73 Å². The van der Waals surface area contributed by atoms with Gasteiger partial charge in [-0.2, -0.15) is 0 Å². The Labute approximate surface area is 96.9 Å². The predicted octanol–water partition coefficient (Wildman–Crippen LogP) is 1.47. The molecule has 1 heterocycles. The van der Waals surface area contributed by atoms with E-state index in [1.165, 1.54) is 12.1 Å². The summed E-state index contributed by atoms with van der Waals surface area (Å²) in [5.41, 5.74) is 6.50. The third-order valence-electron chi connectivity index (χ3n) is 2.11. The molecule has 5 heteroatoms. The molecule has 0 aliphatic rings. The van der Waals surface area contributed by atoms with Crippen molar-refractivity contribution in [2.75, 3.05) is 11.1 Å². The van der Waals surface area contributed by atoms with Crippen LogP contribution < -0.4 is 16.7 Å². The minimum absolute atomic E-state index is 0.270. The summed E-state index contributed by atoms with van der Waals surface area (Å²) in [6.07, 6.45) is 1.12. The van der Waals surface area contributed by atoms with Crippen LogP contribution in [-0.4, -0.2) is 5.91 Å². The smallest absolute Gasteiger partial charge is 0.335 e. The first-order valence-corrected chi connectivity index (χ1v) is 4.91. The Balaban J connectivity index is 2.17. The molecule has 5 nitrogen and oxygen atoms in total. The van der Waals surface area contributed by atoms with Crippen LogP contribution in [0.5, 0.6) is 0 Å². The highest BCUT2D eigenvalue weighted by molar-refractivity contribution is 6.04. The lowest BCUT2D eigenvalue weighted by molar-refractivity contribution is 0.102. The van der Waals surface area contributed by atoms with E-state index in [0.29, 0.717) is 11.4 Å². The Kier molecular flexibility index (Phi) is 2.91. The standard InChI is InChI=1S/C12H10N2O3/c13-9-2-1-3-10(6-9)14-12(16)8-4-5-11(15)17-7-8/h1-7H,13H2,(H,14,16). The maximum atomic E-state index is 11.7. The largest absolute Gasteiger partial charge is 0.430 e. The molecule has 1 aromatic heterocycles. The predicted molar refractivity (Wildman–Crippen MR) is 63.8 cm³/mol. The van der Waals surface area contributed by atoms with Crippen molar-refractivity contribution < 1.29 is 9.21 Å². The van der Waals surface area contributed by atoms with E-state index < -0.39 is 5.63 Å². The second-order valence-corrected chi connectivity index (χ2v) is 3.42. The molecule has 0 saturated heterocycles. The second kappa shape index (κ2) is 4.52. The first-order valence-electron chi connectivity index (χ1n) is 4.91. The molecule has 0 saturated carbocycles. The molecule has 0 fully saturated rings. The molecule has 0 bridgehead atoms. The number of nitrogens with two attached hydrogens (primary N) is 1. The molecular formula is C12H10N2O3. The van der Waals surface area contributed by atoms with Crippen LogP contribution >= 0.6 is 0 Å². The molecule has 0 unspecified atom stereocenters. The van der Waals surface area contributed by atoms with Crippen molar-refractivity contribution in [1.29, 1.82) is 0 Å². The highest BCUT2D eigenvalue weighted by Gasteiger charge is 2.06. The summed E-state index contributed by atoms with van der Waals surface area (Å²) in [5.74, 6) is -0.362. The lowest BCUT2D eigenvalue weighted by Crippen LogP contribution is -2.13. The van der Waals surface area contributed by atoms with Gasteiger partial charge in [-0.1, -0.05) is 6.07 Å². The summed E-state index contributed by atoms with van der Waals surface area (Å²) in [5, 5.41) is 2.64. The van der Waals surface area contributed by atoms with Crippen molar-refractivity contribution >= 4 is 17.3 Å². The van der Waals surface area contributed by atoms with Gasteiger partial charge in [0.05, 0.1) is 5.56 Å². The molecule has 0 aliphatic carbocycles. The molecular weight excluding hydrogens is 220 g/mol. The third kappa shape index (κ3) is 2.72. The number of hydrogen-bond acceptors (Lipinski definition) is 4. The molecule has 1 amide bonds. The van der Waals surface area contributed by atoms with Gasteiger partial charge in [-0.05, 0) is 24.3 Å². The highest BCUT2D eigenvalue weighted by Crippen LogP contribution is 2.12. The van der Waals surface area contributed by atoms with Gasteiger partial charge in [-0.25, -0.2) is 4.79 Å². The first kappa shape index (κ1) is 10.9. The van der Waals surface area contributed by atoms with Gasteiger partial charge in [-0.15, -0.1) is 0 Å². The van der Waals surface area contributed by atoms with Gasteiger partial charge in [0.15, 0.2) is 0 Å². The van der Waals surface area contributed by atoms with E-state index in [4.69, 9.17) is 5.73 Å². The van der Waals surface area contributed by atoms with Gasteiger partial charge in [-0.3, -0.25) is 4.79 Å². The van der Waals surface area contributed by atoms with Gasteiger partial charge in [0.2, 0.25) is 0 Å². The van der Waals surface area contributed by atoms with Gasteiger partial charge in [0.1, 0.15) is 6.26 Å². The molecule has 86 valence electrons. The number of rotatable bonds is 2. The lowest BCUT2D eigenvalue weighted by atomic mass is 10.2. The Bertz CT molecular complexity index is 584. The number of hydrogen-bond donors (Lipinski definition) is 2. The molecule has 0 spiro atoms. The van der Waals surface area contributed by atoms with E-state index >= 15 is 0 Å². The fourth-order valence-electron chi connectivity index (χ4n) is 1.31. The van der Waals surface area contributed by atoms with Crippen LogP contribution in [0.3, 0.4) is 0 Å². The van der Waals surface area contributed by atoms with Gasteiger partial charge in [0, 0.05) is 17.4 Å². The quantitative estimate of drug-likeness (QED) is 0.765. The van der Waals surface area contributed by atoms with E-state index in [0.717, 1.165) is 6.26 Å². The zero-order valence-corrected chi connectivity index (χ0v) is 8.84. The Morgan fingerprint density at radius 1 is 1.24 bits per heavy atom. The van der Waals surface area contributed by atoms with Crippen molar-refractivity contribution in [1.82, 2.24) is 0 Å². The van der Waals surface area contributed by atoms with Crippen LogP contribution in [0, 0.1) is 0 Å². The second-order valence-electron chi connectivity index (χ2n) is 3.42. The van der Waals surface area contributed by atoms with Crippen LogP contribution in [0.2, 0.25) is 0 Å². The van der Waals surface area contributed by atoms with Crippen molar-refractivity contribution in [3.05, 3.63) is 58.6 Å². The molecule has 2 rings (SSSR count). The maximum Gasteiger partial charge on any atom is 0.335 e. The van der Waals surface area contributed by atoms with Crippen molar-refractivity contribution in [3.63, 3.8) is 0 Å². The Morgan fingerprint density at radius 2 is 2.06 bits per heavy atom. The number of nitrogens with one attached hydrogen (secondary N) is 1. The minimum Gasteiger partial charge on any atom is -0.430 e. The average molecular weight is 230 g/mol. The Hall–Kier alpha value is -2.56. The monoisotopic (exact) mass is 230 g/mol. The van der Waals surface area contributed by atoms with Crippen LogP contribution in [0.15, 0.2) is 51.9 Å². The van der Waals surface area contributed by atoms with E-state index in [1.807, 2.05) is 0 Å². The number of benzene rings is 1. The van der Waals surface area contributed by atoms with Gasteiger partial charge < -0.3 is 15.5 Å². The summed E-state index contributed by atoms with van der Waals surface area (Å²) in [4.78, 5) is 22.5. The molecule has 0 radical (unpaired) electrons. The summed E-state index contributed by atoms with van der Waals surface area (Å²) in [7, 11) is 0. The van der Waals surface area contributed by atoms with E-state index in [1.54, 1.807) is 24.3 Å². The van der Waals surface area contributed by atoms with Gasteiger partial charge >= 0.3 is 5.63 Å². The third-order valence-corrected chi connectivity index (χ3v) is 2.11. The number of carbonyl (C=O) groups excluding carboxylic acids is 1. The fourth-order valence-corrected chi connectivity index (χ4v) is 1.31. The Morgan fingerprint density at radius 3 is 2.71 bits per heavy atom. The van der Waals surface area contributed by atoms with Crippen LogP contribution in [0.4, 0.5) is 11.4 Å². The zero-order chi connectivity index (χ0) is 12.3. The molecule has 0 aliphatic heterocycles. The lowest BCUT2D eigenvalue weighted by Gasteiger charge is -2.04. The van der Waals surface area contributed by atoms with Crippen LogP contribution in [-0.2, 0) is 0 Å². The van der Waals surface area contributed by atoms with Crippen LogP contribution in [0.1, 0.15) is 10.4 Å². The normalized spacial score (nSPS) is 9.88. The zero-order valence-electron chi connectivity index (χ0n) is 8.84. The van der Waals surface area contributed by atoms with Crippen LogP contribution in [0.25, 0.3) is 0 Å². The molecule has 2 aromatic rings. The van der Waals surface area contributed by atoms with Crippen molar-refractivity contribution in [3.8, 4) is 0 Å². The van der Waals surface area contributed by atoms with E-state index in [9.17, 15) is 9.59 Å². The fraction of sp³-hybridized carbons (Fsp3) is 0. The molecule has 3 N–H and O–H groups in total. The summed E-state index contributed by atoms with van der Waals surface area (Å²) < 4.78 is 4.60. The number of anilines is 2. The van der Waals surface area contributed by atoms with Crippen molar-refractivity contribution in [2.24, 2.45) is 0 Å². The topological polar surface area (TPSA) is 85.3 Å². The number of nitrogen functional groups attached to an aromatic ring is 1. The average Bonchev–Trinajstić information content (AvgIpc) is 2.29. The summed E-state index contributed by atoms with van der Waals surface area (Å²) in [6, 6.07) is 9.39. The SMILES string of the molecule is Nc1cccc(NC(=O)c2ccc(=O)oc2)c1. The minimum atomic E-state index is -0.495. The summed E-state index contributed by atoms with van der Waals surface area (Å²) >= 11 is 0. The highest BCUT2D eigenvalue weighted by atomic mass is 16.4. The molecule has 0 atom stereocenters. The first-order chi connectivity index (χ1) is 8.15. The molecule has 1 aromatic carbocycles. The molecule has 17 heavy (non-hydrogen) atoms. The number of amides is 1. The maximum absolute atomic E-state index is 11.7. The van der Waals surface area contributed by atoms with Crippen molar-refractivity contribution in [2.45, 2.75) is 0 Å².